The first kappa shape index (κ1) is 15.0. The van der Waals surface area contributed by atoms with Gasteiger partial charge in [0.1, 0.15) is 0 Å². The molecule has 1 aromatic heterocycles. The number of likely N-dealkylation sites (tertiary alicyclic amines) is 1. The smallest absolute Gasteiger partial charge is 0.276 e. The van der Waals surface area contributed by atoms with E-state index in [0.29, 0.717) is 30.4 Å². The van der Waals surface area contributed by atoms with Crippen LogP contribution in [-0.4, -0.2) is 50.1 Å². The number of aliphatic hydroxyl groups is 1. The van der Waals surface area contributed by atoms with Crippen molar-refractivity contribution in [1.82, 2.24) is 19.9 Å². The first-order valence-corrected chi connectivity index (χ1v) is 7.61. The van der Waals surface area contributed by atoms with E-state index in [2.05, 4.69) is 10.3 Å². The molecule has 0 saturated carbocycles. The lowest BCUT2D eigenvalue weighted by Gasteiger charge is -2.29. The third-order valence-electron chi connectivity index (χ3n) is 3.68. The van der Waals surface area contributed by atoms with Crippen molar-refractivity contribution in [2.45, 2.75) is 25.5 Å². The Kier molecular flexibility index (Phi) is 4.40. The van der Waals surface area contributed by atoms with Gasteiger partial charge in [-0.2, -0.15) is 0 Å². The van der Waals surface area contributed by atoms with Gasteiger partial charge in [-0.25, -0.2) is 4.68 Å². The van der Waals surface area contributed by atoms with Crippen molar-refractivity contribution in [2.24, 2.45) is 0 Å². The second-order valence-corrected chi connectivity index (χ2v) is 5.91. The minimum atomic E-state index is -0.445. The van der Waals surface area contributed by atoms with Crippen LogP contribution in [-0.2, 0) is 6.54 Å². The van der Waals surface area contributed by atoms with Crippen LogP contribution in [0.3, 0.4) is 0 Å². The molecule has 1 aliphatic rings. The summed E-state index contributed by atoms with van der Waals surface area (Å²) >= 11 is 5.95. The van der Waals surface area contributed by atoms with Crippen molar-refractivity contribution in [3.63, 3.8) is 0 Å². The highest BCUT2D eigenvalue weighted by molar-refractivity contribution is 6.30. The minimum absolute atomic E-state index is 0.184. The molecule has 1 N–H and O–H groups in total. The summed E-state index contributed by atoms with van der Waals surface area (Å²) in [4.78, 5) is 14.0. The van der Waals surface area contributed by atoms with E-state index in [-0.39, 0.29) is 5.91 Å². The van der Waals surface area contributed by atoms with Gasteiger partial charge in [-0.05, 0) is 30.5 Å². The summed E-state index contributed by atoms with van der Waals surface area (Å²) < 4.78 is 1.61. The molecular weight excluding hydrogens is 304 g/mol. The fraction of sp³-hybridized carbons (Fsp3) is 0.400. The van der Waals surface area contributed by atoms with Crippen LogP contribution in [0.1, 0.15) is 28.9 Å². The molecule has 1 atom stereocenters. The van der Waals surface area contributed by atoms with E-state index in [0.717, 1.165) is 18.4 Å². The summed E-state index contributed by atoms with van der Waals surface area (Å²) in [6.45, 7) is 1.51. The molecule has 116 valence electrons. The molecule has 0 bridgehead atoms. The maximum Gasteiger partial charge on any atom is 0.276 e. The van der Waals surface area contributed by atoms with Crippen molar-refractivity contribution in [3.05, 3.63) is 46.7 Å². The molecule has 1 aromatic carbocycles. The number of amides is 1. The van der Waals surface area contributed by atoms with E-state index < -0.39 is 6.10 Å². The van der Waals surface area contributed by atoms with Gasteiger partial charge in [0.2, 0.25) is 0 Å². The Labute approximate surface area is 133 Å². The quantitative estimate of drug-likeness (QED) is 0.932. The molecule has 2 heterocycles. The van der Waals surface area contributed by atoms with E-state index in [1.807, 2.05) is 24.3 Å². The topological polar surface area (TPSA) is 71.2 Å². The van der Waals surface area contributed by atoms with Crippen LogP contribution >= 0.6 is 11.6 Å². The Morgan fingerprint density at radius 2 is 2.32 bits per heavy atom. The summed E-state index contributed by atoms with van der Waals surface area (Å²) in [7, 11) is 0. The van der Waals surface area contributed by atoms with Gasteiger partial charge >= 0.3 is 0 Å². The van der Waals surface area contributed by atoms with Crippen LogP contribution in [0.2, 0.25) is 5.02 Å². The number of piperidine rings is 1. The van der Waals surface area contributed by atoms with Gasteiger partial charge in [-0.1, -0.05) is 28.9 Å². The molecule has 0 spiro atoms. The standard InChI is InChI=1S/C15H17ClN4O2/c16-12-4-1-3-11(7-12)8-20-10-14(17-18-20)15(22)19-6-2-5-13(21)9-19/h1,3-4,7,10,13,21H,2,5-6,8-9H2. The molecule has 6 nitrogen and oxygen atoms in total. The number of benzene rings is 1. The molecule has 0 aliphatic carbocycles. The Bertz CT molecular complexity index is 673. The van der Waals surface area contributed by atoms with E-state index in [1.54, 1.807) is 15.8 Å². The number of aliphatic hydroxyl groups excluding tert-OH is 1. The molecule has 1 aliphatic heterocycles. The summed E-state index contributed by atoms with van der Waals surface area (Å²) in [6, 6.07) is 7.47. The average Bonchev–Trinajstić information content (AvgIpc) is 2.95. The maximum absolute atomic E-state index is 12.3. The fourth-order valence-electron chi connectivity index (χ4n) is 2.60. The van der Waals surface area contributed by atoms with Gasteiger partial charge in [0.15, 0.2) is 5.69 Å². The molecule has 7 heteroatoms. The number of hydrogen-bond donors (Lipinski definition) is 1. The number of aromatic nitrogens is 3. The number of rotatable bonds is 3. The van der Waals surface area contributed by atoms with E-state index >= 15 is 0 Å². The van der Waals surface area contributed by atoms with E-state index in [1.165, 1.54) is 0 Å². The third-order valence-corrected chi connectivity index (χ3v) is 3.91. The van der Waals surface area contributed by atoms with Crippen LogP contribution in [0, 0.1) is 0 Å². The van der Waals surface area contributed by atoms with E-state index in [9.17, 15) is 9.90 Å². The van der Waals surface area contributed by atoms with Crippen LogP contribution < -0.4 is 0 Å². The van der Waals surface area contributed by atoms with Crippen molar-refractivity contribution >= 4 is 17.5 Å². The number of carbonyl (C=O) groups excluding carboxylic acids is 1. The molecule has 0 radical (unpaired) electrons. The molecule has 1 fully saturated rings. The largest absolute Gasteiger partial charge is 0.391 e. The molecular formula is C15H17ClN4O2. The van der Waals surface area contributed by atoms with Gasteiger partial charge in [-0.3, -0.25) is 4.79 Å². The Hall–Kier alpha value is -1.92. The van der Waals surface area contributed by atoms with Gasteiger partial charge < -0.3 is 10.0 Å². The predicted molar refractivity (Wildman–Crippen MR) is 81.7 cm³/mol. The van der Waals surface area contributed by atoms with Gasteiger partial charge in [0, 0.05) is 18.1 Å². The van der Waals surface area contributed by atoms with Crippen LogP contribution in [0.5, 0.6) is 0 Å². The minimum Gasteiger partial charge on any atom is -0.391 e. The summed E-state index contributed by atoms with van der Waals surface area (Å²) in [5.41, 5.74) is 1.29. The number of β-amino-alcohol motifs (C(OH)–C–C–N with tert-alkyl or cyclic N) is 1. The average molecular weight is 321 g/mol. The maximum atomic E-state index is 12.3. The Morgan fingerprint density at radius 1 is 1.45 bits per heavy atom. The lowest BCUT2D eigenvalue weighted by atomic mass is 10.1. The Balaban J connectivity index is 1.69. The SMILES string of the molecule is O=C(c1cn(Cc2cccc(Cl)c2)nn1)N1CCCC(O)C1. The summed E-state index contributed by atoms with van der Waals surface area (Å²) in [5, 5.41) is 18.2. The second kappa shape index (κ2) is 6.46. The number of hydrogen-bond acceptors (Lipinski definition) is 4. The van der Waals surface area contributed by atoms with Crippen LogP contribution in [0.15, 0.2) is 30.5 Å². The lowest BCUT2D eigenvalue weighted by molar-refractivity contribution is 0.0469. The summed E-state index contributed by atoms with van der Waals surface area (Å²) in [5.74, 6) is -0.184. The molecule has 22 heavy (non-hydrogen) atoms. The van der Waals surface area contributed by atoms with Gasteiger partial charge in [0.05, 0.1) is 18.8 Å². The first-order chi connectivity index (χ1) is 10.6. The van der Waals surface area contributed by atoms with Crippen molar-refractivity contribution < 1.29 is 9.90 Å². The molecule has 1 unspecified atom stereocenters. The normalized spacial score (nSPS) is 18.5. The van der Waals surface area contributed by atoms with Crippen LogP contribution in [0.25, 0.3) is 0 Å². The number of carbonyl (C=O) groups is 1. The highest BCUT2D eigenvalue weighted by Crippen LogP contribution is 2.14. The predicted octanol–water partition coefficient (Wildman–Crippen LogP) is 1.58. The van der Waals surface area contributed by atoms with Crippen molar-refractivity contribution in [1.29, 1.82) is 0 Å². The van der Waals surface area contributed by atoms with Gasteiger partial charge in [-0.15, -0.1) is 5.10 Å². The zero-order valence-electron chi connectivity index (χ0n) is 12.0. The summed E-state index contributed by atoms with van der Waals surface area (Å²) in [6.07, 6.45) is 2.73. The van der Waals surface area contributed by atoms with Crippen molar-refractivity contribution in [2.75, 3.05) is 13.1 Å². The van der Waals surface area contributed by atoms with E-state index in [4.69, 9.17) is 11.6 Å². The molecule has 1 amide bonds. The van der Waals surface area contributed by atoms with Crippen LogP contribution in [0.4, 0.5) is 0 Å². The fourth-order valence-corrected chi connectivity index (χ4v) is 2.81. The zero-order chi connectivity index (χ0) is 15.5. The number of halogens is 1. The highest BCUT2D eigenvalue weighted by Gasteiger charge is 2.24. The second-order valence-electron chi connectivity index (χ2n) is 5.48. The lowest BCUT2D eigenvalue weighted by Crippen LogP contribution is -2.42. The first-order valence-electron chi connectivity index (χ1n) is 7.24. The van der Waals surface area contributed by atoms with Crippen molar-refractivity contribution in [3.8, 4) is 0 Å². The van der Waals surface area contributed by atoms with Gasteiger partial charge in [0.25, 0.3) is 5.91 Å². The Morgan fingerprint density at radius 3 is 3.09 bits per heavy atom. The third kappa shape index (κ3) is 3.45. The number of nitrogens with zero attached hydrogens (tertiary/aromatic N) is 4. The zero-order valence-corrected chi connectivity index (χ0v) is 12.8. The molecule has 1 saturated heterocycles. The monoisotopic (exact) mass is 320 g/mol. The highest BCUT2D eigenvalue weighted by atomic mass is 35.5. The molecule has 2 aromatic rings. The molecule has 3 rings (SSSR count).